The lowest BCUT2D eigenvalue weighted by atomic mass is 9.69. The van der Waals surface area contributed by atoms with E-state index in [1.54, 1.807) is 25.1 Å². The molecule has 1 aliphatic carbocycles. The Labute approximate surface area is 234 Å². The molecule has 0 fully saturated rings. The van der Waals surface area contributed by atoms with Crippen molar-refractivity contribution in [1.82, 2.24) is 5.32 Å². The minimum atomic E-state index is -2.01. The van der Waals surface area contributed by atoms with E-state index in [1.165, 1.54) is 20.3 Å². The van der Waals surface area contributed by atoms with Crippen LogP contribution < -0.4 is 29.0 Å². The van der Waals surface area contributed by atoms with Crippen LogP contribution in [0.5, 0.6) is 28.7 Å². The summed E-state index contributed by atoms with van der Waals surface area (Å²) in [7, 11) is 2.76. The van der Waals surface area contributed by atoms with Gasteiger partial charge in [-0.1, -0.05) is 24.6 Å². The third kappa shape index (κ3) is 4.07. The van der Waals surface area contributed by atoms with Crippen LogP contribution in [0.1, 0.15) is 41.6 Å². The highest BCUT2D eigenvalue weighted by Gasteiger charge is 2.61. The first-order valence-corrected chi connectivity index (χ1v) is 12.7. The van der Waals surface area contributed by atoms with Crippen molar-refractivity contribution in [2.75, 3.05) is 27.6 Å². The Bertz CT molecular complexity index is 1510. The summed E-state index contributed by atoms with van der Waals surface area (Å²) in [5.41, 5.74) is -1.71. The largest absolute Gasteiger partial charge is 0.507 e. The molecule has 2 N–H and O–H groups in total. The molecule has 12 heteroatoms. The average Bonchev–Trinajstić information content (AvgIpc) is 3.54. The number of Topliss-reactive ketones (excluding diaryl/α,β-unsaturated/α-hetero) is 2. The molecule has 2 aromatic carbocycles. The van der Waals surface area contributed by atoms with Gasteiger partial charge in [0.05, 0.1) is 20.3 Å². The maximum absolute atomic E-state index is 14.1. The molecule has 5 rings (SSSR count). The zero-order valence-corrected chi connectivity index (χ0v) is 22.6. The summed E-state index contributed by atoms with van der Waals surface area (Å²) < 4.78 is 27.8. The van der Waals surface area contributed by atoms with Gasteiger partial charge in [0.2, 0.25) is 24.1 Å². The van der Waals surface area contributed by atoms with E-state index < -0.39 is 40.7 Å². The second-order valence-electron chi connectivity index (χ2n) is 9.56. The number of aliphatic hydroxyl groups is 1. The molecule has 3 aliphatic rings. The number of halogens is 1. The zero-order valence-electron chi connectivity index (χ0n) is 21.8. The number of amides is 1. The van der Waals surface area contributed by atoms with Gasteiger partial charge in [0.25, 0.3) is 0 Å². The van der Waals surface area contributed by atoms with Gasteiger partial charge in [-0.05, 0) is 17.7 Å². The number of ether oxygens (including phenoxy) is 5. The van der Waals surface area contributed by atoms with Crippen molar-refractivity contribution in [2.45, 2.75) is 31.3 Å². The van der Waals surface area contributed by atoms with E-state index in [2.05, 4.69) is 5.32 Å². The molecule has 0 saturated heterocycles. The van der Waals surface area contributed by atoms with Crippen LogP contribution in [0.25, 0.3) is 0 Å². The third-order valence-corrected chi connectivity index (χ3v) is 7.77. The lowest BCUT2D eigenvalue weighted by Crippen LogP contribution is -2.53. The quantitative estimate of drug-likeness (QED) is 0.473. The Morgan fingerprint density at radius 2 is 1.95 bits per heavy atom. The number of benzene rings is 2. The number of carbonyl (C=O) groups excluding carboxylic acids is 3. The van der Waals surface area contributed by atoms with Crippen molar-refractivity contribution in [1.29, 1.82) is 5.26 Å². The Morgan fingerprint density at radius 3 is 2.65 bits per heavy atom. The predicted octanol–water partition coefficient (Wildman–Crippen LogP) is 3.63. The summed E-state index contributed by atoms with van der Waals surface area (Å²) in [6.45, 7) is 1.37. The summed E-state index contributed by atoms with van der Waals surface area (Å²) >= 11 is 6.51. The molecule has 40 heavy (non-hydrogen) atoms. The number of methoxy groups -OCH3 is 2. The molecule has 3 atom stereocenters. The number of carbonyl (C=O) groups is 3. The molecule has 0 saturated carbocycles. The Kier molecular flexibility index (Phi) is 6.98. The monoisotopic (exact) mass is 568 g/mol. The normalized spacial score (nSPS) is 21.5. The van der Waals surface area contributed by atoms with Gasteiger partial charge in [0, 0.05) is 36.3 Å². The number of allylic oxidation sites excluding steroid dienone is 1. The maximum Gasteiger partial charge on any atom is 0.231 e. The van der Waals surface area contributed by atoms with Gasteiger partial charge in [-0.25, -0.2) is 0 Å². The highest BCUT2D eigenvalue weighted by Crippen LogP contribution is 2.56. The number of nitriles is 1. The molecule has 208 valence electrons. The lowest BCUT2D eigenvalue weighted by molar-refractivity contribution is -0.121. The van der Waals surface area contributed by atoms with Gasteiger partial charge in [0.1, 0.15) is 28.6 Å². The second-order valence-corrected chi connectivity index (χ2v) is 9.94. The molecular formula is C28H25ClN2O9. The van der Waals surface area contributed by atoms with Crippen LogP contribution in [-0.4, -0.2) is 55.7 Å². The van der Waals surface area contributed by atoms with Crippen LogP contribution >= 0.6 is 11.6 Å². The molecule has 0 bridgehead atoms. The first-order valence-electron chi connectivity index (χ1n) is 12.4. The summed E-state index contributed by atoms with van der Waals surface area (Å²) in [5, 5.41) is 23.2. The van der Waals surface area contributed by atoms with Crippen LogP contribution in [0.3, 0.4) is 0 Å². The van der Waals surface area contributed by atoms with E-state index in [0.717, 1.165) is 0 Å². The fourth-order valence-corrected chi connectivity index (χ4v) is 5.72. The summed E-state index contributed by atoms with van der Waals surface area (Å²) in [4.78, 5) is 40.5. The first kappa shape index (κ1) is 27.1. The molecule has 11 nitrogen and oxygen atoms in total. The SMILES string of the molecule is COc1cc(OC)c2c(c1Cl)O[C@]1(C2=O)C(O)=C(C(CC(=O)NCC#N)c2ccc3c(c2)OCO3)C(=O)C[C@H]1C. The Hall–Kier alpha value is -4.43. The summed E-state index contributed by atoms with van der Waals surface area (Å²) in [6.07, 6.45) is -0.479. The number of nitrogens with one attached hydrogen (secondary N) is 1. The Balaban J connectivity index is 1.68. The van der Waals surface area contributed by atoms with E-state index in [4.69, 9.17) is 40.5 Å². The maximum atomic E-state index is 14.1. The number of aliphatic hydroxyl groups excluding tert-OH is 1. The van der Waals surface area contributed by atoms with Crippen molar-refractivity contribution >= 4 is 29.1 Å². The van der Waals surface area contributed by atoms with E-state index in [9.17, 15) is 19.5 Å². The summed E-state index contributed by atoms with van der Waals surface area (Å²) in [6, 6.07) is 8.16. The van der Waals surface area contributed by atoms with Crippen LogP contribution in [0.4, 0.5) is 0 Å². The topological polar surface area (TPSA) is 153 Å². The van der Waals surface area contributed by atoms with Gasteiger partial charge in [-0.3, -0.25) is 14.4 Å². The molecule has 2 aliphatic heterocycles. The number of hydrogen-bond acceptors (Lipinski definition) is 10. The highest BCUT2D eigenvalue weighted by atomic mass is 35.5. The standard InChI is InChI=1S/C28H25ClN2O9/c1-13-8-16(32)22(15(10-21(33)31-7-6-30)14-4-5-17-18(9-14)39-12-38-17)26(34)28(13)27(35)23-19(36-2)11-20(37-3)24(29)25(23)40-28/h4-5,9,11,13,15,34H,7-8,10,12H2,1-3H3,(H,31,33)/t13-,15?,28+/m1/s1. The van der Waals surface area contributed by atoms with E-state index >= 15 is 0 Å². The van der Waals surface area contributed by atoms with Gasteiger partial charge >= 0.3 is 0 Å². The van der Waals surface area contributed by atoms with Crippen LogP contribution in [-0.2, 0) is 9.59 Å². The van der Waals surface area contributed by atoms with Crippen molar-refractivity contribution in [3.8, 4) is 34.8 Å². The molecule has 0 radical (unpaired) electrons. The molecule has 2 heterocycles. The fourth-order valence-electron chi connectivity index (χ4n) is 5.45. The number of nitrogens with zero attached hydrogens (tertiary/aromatic N) is 1. The third-order valence-electron chi connectivity index (χ3n) is 7.41. The van der Waals surface area contributed by atoms with E-state index in [1.807, 2.05) is 6.07 Å². The molecule has 0 aromatic heterocycles. The van der Waals surface area contributed by atoms with E-state index in [-0.39, 0.29) is 59.6 Å². The van der Waals surface area contributed by atoms with Crippen molar-refractivity contribution in [2.24, 2.45) is 5.92 Å². The molecule has 1 unspecified atom stereocenters. The molecule has 1 amide bonds. The number of hydrogen-bond donors (Lipinski definition) is 2. The van der Waals surface area contributed by atoms with Crippen LogP contribution in [0, 0.1) is 17.2 Å². The van der Waals surface area contributed by atoms with Gasteiger partial charge in [-0.15, -0.1) is 0 Å². The molecule has 1 spiro atoms. The Morgan fingerprint density at radius 1 is 1.23 bits per heavy atom. The second kappa shape index (κ2) is 10.3. The minimum Gasteiger partial charge on any atom is -0.507 e. The van der Waals surface area contributed by atoms with Gasteiger partial charge in [0.15, 0.2) is 28.8 Å². The van der Waals surface area contributed by atoms with Crippen molar-refractivity contribution in [3.63, 3.8) is 0 Å². The fraction of sp³-hybridized carbons (Fsp3) is 0.357. The smallest absolute Gasteiger partial charge is 0.231 e. The number of fused-ring (bicyclic) bond motifs is 2. The van der Waals surface area contributed by atoms with Gasteiger partial charge < -0.3 is 34.1 Å². The van der Waals surface area contributed by atoms with Crippen molar-refractivity contribution < 1.29 is 43.2 Å². The van der Waals surface area contributed by atoms with Crippen LogP contribution in [0.2, 0.25) is 5.02 Å². The number of rotatable bonds is 7. The minimum absolute atomic E-state index is 0.00479. The first-order chi connectivity index (χ1) is 19.2. The summed E-state index contributed by atoms with van der Waals surface area (Å²) in [5.74, 6) is -2.93. The van der Waals surface area contributed by atoms with Crippen LogP contribution in [0.15, 0.2) is 35.6 Å². The van der Waals surface area contributed by atoms with E-state index in [0.29, 0.717) is 17.1 Å². The molecule has 2 aromatic rings. The predicted molar refractivity (Wildman–Crippen MR) is 139 cm³/mol. The molecular weight excluding hydrogens is 544 g/mol. The van der Waals surface area contributed by atoms with Gasteiger partial charge in [-0.2, -0.15) is 5.26 Å². The van der Waals surface area contributed by atoms with Crippen molar-refractivity contribution in [3.05, 3.63) is 51.7 Å². The lowest BCUT2D eigenvalue weighted by Gasteiger charge is -2.38. The number of ketones is 2. The average molecular weight is 569 g/mol. The zero-order chi connectivity index (χ0) is 28.8. The highest BCUT2D eigenvalue weighted by molar-refractivity contribution is 6.35.